The zero-order chi connectivity index (χ0) is 9.19. The van der Waals surface area contributed by atoms with Crippen molar-refractivity contribution >= 4 is 0 Å². The highest BCUT2D eigenvalue weighted by molar-refractivity contribution is 4.98. The van der Waals surface area contributed by atoms with Gasteiger partial charge >= 0.3 is 0 Å². The van der Waals surface area contributed by atoms with Crippen molar-refractivity contribution in [2.75, 3.05) is 19.6 Å². The van der Waals surface area contributed by atoms with Crippen LogP contribution < -0.4 is 5.32 Å². The third kappa shape index (κ3) is 1.77. The van der Waals surface area contributed by atoms with Crippen LogP contribution in [0.3, 0.4) is 0 Å². The van der Waals surface area contributed by atoms with Crippen LogP contribution in [0.5, 0.6) is 0 Å². The molecule has 68 valence electrons. The molecule has 1 heterocycles. The molecular weight excluding hydrogens is 150 g/mol. The Bertz CT molecular complexity index is 192. The van der Waals surface area contributed by atoms with E-state index in [1.807, 2.05) is 6.92 Å². The van der Waals surface area contributed by atoms with Crippen LogP contribution in [0.2, 0.25) is 0 Å². The molecule has 0 aliphatic carbocycles. The smallest absolute Gasteiger partial charge is 0.0954 e. The van der Waals surface area contributed by atoms with E-state index in [1.165, 1.54) is 0 Å². The molecule has 0 bridgehead atoms. The van der Waals surface area contributed by atoms with Gasteiger partial charge in [0.2, 0.25) is 0 Å². The monoisotopic (exact) mass is 167 g/mol. The van der Waals surface area contributed by atoms with Gasteiger partial charge in [-0.25, -0.2) is 0 Å². The number of nitriles is 1. The molecule has 0 spiro atoms. The summed E-state index contributed by atoms with van der Waals surface area (Å²) in [5.74, 6) is 0. The minimum Gasteiger partial charge on any atom is -0.314 e. The lowest BCUT2D eigenvalue weighted by atomic mass is 9.98. The molecule has 1 atom stereocenters. The van der Waals surface area contributed by atoms with Crippen LogP contribution in [0, 0.1) is 11.3 Å². The Labute approximate surface area is 74.4 Å². The largest absolute Gasteiger partial charge is 0.314 e. The summed E-state index contributed by atoms with van der Waals surface area (Å²) >= 11 is 0. The second-order valence-corrected chi connectivity index (χ2v) is 3.99. The SMILES string of the molecule is CC(C#N)N1CCNCC1(C)C. The first-order valence-corrected chi connectivity index (χ1v) is 4.45. The summed E-state index contributed by atoms with van der Waals surface area (Å²) in [5, 5.41) is 12.1. The second kappa shape index (κ2) is 3.42. The fourth-order valence-corrected chi connectivity index (χ4v) is 1.79. The molecule has 0 aromatic rings. The average molecular weight is 167 g/mol. The highest BCUT2D eigenvalue weighted by atomic mass is 15.3. The second-order valence-electron chi connectivity index (χ2n) is 3.99. The van der Waals surface area contributed by atoms with Gasteiger partial charge in [0.25, 0.3) is 0 Å². The summed E-state index contributed by atoms with van der Waals surface area (Å²) in [4.78, 5) is 2.25. The summed E-state index contributed by atoms with van der Waals surface area (Å²) in [5.41, 5.74) is 0.118. The van der Waals surface area contributed by atoms with Crippen molar-refractivity contribution in [1.29, 1.82) is 5.26 Å². The van der Waals surface area contributed by atoms with Gasteiger partial charge in [0.05, 0.1) is 12.1 Å². The van der Waals surface area contributed by atoms with E-state index < -0.39 is 0 Å². The topological polar surface area (TPSA) is 39.1 Å². The molecule has 1 rings (SSSR count). The first kappa shape index (κ1) is 9.50. The maximum Gasteiger partial charge on any atom is 0.0954 e. The fourth-order valence-electron chi connectivity index (χ4n) is 1.79. The van der Waals surface area contributed by atoms with Crippen molar-refractivity contribution in [3.63, 3.8) is 0 Å². The van der Waals surface area contributed by atoms with Crippen LogP contribution in [0.4, 0.5) is 0 Å². The van der Waals surface area contributed by atoms with E-state index >= 15 is 0 Å². The van der Waals surface area contributed by atoms with Crippen molar-refractivity contribution in [2.45, 2.75) is 32.4 Å². The summed E-state index contributed by atoms with van der Waals surface area (Å²) < 4.78 is 0. The molecule has 1 aliphatic heterocycles. The Balaban J connectivity index is 2.67. The Hall–Kier alpha value is -0.590. The van der Waals surface area contributed by atoms with Crippen LogP contribution >= 0.6 is 0 Å². The highest BCUT2D eigenvalue weighted by Gasteiger charge is 2.32. The Morgan fingerprint density at radius 3 is 2.75 bits per heavy atom. The van der Waals surface area contributed by atoms with E-state index in [1.54, 1.807) is 0 Å². The molecule has 1 unspecified atom stereocenters. The molecule has 1 saturated heterocycles. The molecule has 0 aromatic heterocycles. The molecule has 0 amide bonds. The summed E-state index contributed by atoms with van der Waals surface area (Å²) in [6.07, 6.45) is 0. The number of piperazine rings is 1. The van der Waals surface area contributed by atoms with Gasteiger partial charge in [0.15, 0.2) is 0 Å². The van der Waals surface area contributed by atoms with Gasteiger partial charge in [-0.15, -0.1) is 0 Å². The first-order valence-electron chi connectivity index (χ1n) is 4.45. The van der Waals surface area contributed by atoms with Gasteiger partial charge < -0.3 is 5.32 Å². The number of nitrogens with zero attached hydrogens (tertiary/aromatic N) is 2. The van der Waals surface area contributed by atoms with E-state index in [2.05, 4.69) is 30.1 Å². The molecule has 3 heteroatoms. The maximum absolute atomic E-state index is 8.81. The Kier molecular flexibility index (Phi) is 2.71. The molecule has 0 saturated carbocycles. The van der Waals surface area contributed by atoms with E-state index in [-0.39, 0.29) is 11.6 Å². The van der Waals surface area contributed by atoms with Crippen LogP contribution in [-0.2, 0) is 0 Å². The number of hydrogen-bond acceptors (Lipinski definition) is 3. The molecule has 12 heavy (non-hydrogen) atoms. The molecular formula is C9H17N3. The lowest BCUT2D eigenvalue weighted by Crippen LogP contribution is -2.60. The molecule has 1 N–H and O–H groups in total. The molecule has 3 nitrogen and oxygen atoms in total. The number of hydrogen-bond donors (Lipinski definition) is 1. The van der Waals surface area contributed by atoms with Crippen molar-refractivity contribution in [2.24, 2.45) is 0 Å². The summed E-state index contributed by atoms with van der Waals surface area (Å²) in [6, 6.07) is 2.32. The third-order valence-electron chi connectivity index (χ3n) is 2.52. The van der Waals surface area contributed by atoms with Gasteiger partial charge in [0.1, 0.15) is 0 Å². The van der Waals surface area contributed by atoms with E-state index in [4.69, 9.17) is 5.26 Å². The molecule has 1 aliphatic rings. The quantitative estimate of drug-likeness (QED) is 0.621. The first-order chi connectivity index (χ1) is 5.58. The number of nitrogens with one attached hydrogen (secondary N) is 1. The van der Waals surface area contributed by atoms with Gasteiger partial charge in [-0.05, 0) is 20.8 Å². The fraction of sp³-hybridized carbons (Fsp3) is 0.889. The summed E-state index contributed by atoms with van der Waals surface area (Å²) in [6.45, 7) is 9.25. The highest BCUT2D eigenvalue weighted by Crippen LogP contribution is 2.18. The van der Waals surface area contributed by atoms with E-state index in [9.17, 15) is 0 Å². The standard InChI is InChI=1S/C9H17N3/c1-8(6-10)12-5-4-11-7-9(12,2)3/h8,11H,4-5,7H2,1-3H3. The average Bonchev–Trinajstić information content (AvgIpc) is 2.02. The van der Waals surface area contributed by atoms with E-state index in [0.717, 1.165) is 19.6 Å². The van der Waals surface area contributed by atoms with Gasteiger partial charge in [0, 0.05) is 25.2 Å². The van der Waals surface area contributed by atoms with Crippen LogP contribution in [0.15, 0.2) is 0 Å². The lowest BCUT2D eigenvalue weighted by Gasteiger charge is -2.44. The zero-order valence-corrected chi connectivity index (χ0v) is 8.09. The predicted molar refractivity (Wildman–Crippen MR) is 48.7 cm³/mol. The Morgan fingerprint density at radius 2 is 2.25 bits per heavy atom. The predicted octanol–water partition coefficient (Wildman–Crippen LogP) is 0.582. The van der Waals surface area contributed by atoms with Crippen molar-refractivity contribution in [3.8, 4) is 6.07 Å². The van der Waals surface area contributed by atoms with Crippen molar-refractivity contribution in [3.05, 3.63) is 0 Å². The van der Waals surface area contributed by atoms with Gasteiger partial charge in [-0.1, -0.05) is 0 Å². The van der Waals surface area contributed by atoms with Crippen molar-refractivity contribution < 1.29 is 0 Å². The van der Waals surface area contributed by atoms with Gasteiger partial charge in [-0.3, -0.25) is 4.90 Å². The lowest BCUT2D eigenvalue weighted by molar-refractivity contribution is 0.0728. The minimum atomic E-state index is 0.0297. The summed E-state index contributed by atoms with van der Waals surface area (Å²) in [7, 11) is 0. The minimum absolute atomic E-state index is 0.0297. The maximum atomic E-state index is 8.81. The van der Waals surface area contributed by atoms with Crippen LogP contribution in [0.25, 0.3) is 0 Å². The van der Waals surface area contributed by atoms with E-state index in [0.29, 0.717) is 0 Å². The van der Waals surface area contributed by atoms with Gasteiger partial charge in [-0.2, -0.15) is 5.26 Å². The molecule has 0 radical (unpaired) electrons. The normalized spacial score (nSPS) is 26.2. The third-order valence-corrected chi connectivity index (χ3v) is 2.52. The molecule has 0 aromatic carbocycles. The molecule has 1 fully saturated rings. The van der Waals surface area contributed by atoms with Crippen LogP contribution in [0.1, 0.15) is 20.8 Å². The van der Waals surface area contributed by atoms with Crippen molar-refractivity contribution in [1.82, 2.24) is 10.2 Å². The zero-order valence-electron chi connectivity index (χ0n) is 8.09. The Morgan fingerprint density at radius 1 is 1.58 bits per heavy atom. The number of rotatable bonds is 1. The van der Waals surface area contributed by atoms with Crippen LogP contribution in [-0.4, -0.2) is 36.1 Å².